The van der Waals surface area contributed by atoms with E-state index in [1.54, 1.807) is 13.8 Å². The molecule has 0 aromatic carbocycles. The minimum atomic E-state index is 0.483. The second kappa shape index (κ2) is 31.0. The lowest BCUT2D eigenvalue weighted by Gasteiger charge is -1.60. The average molecular weight is 173 g/mol. The van der Waals surface area contributed by atoms with Crippen molar-refractivity contribution >= 4 is 7.85 Å². The Balaban J connectivity index is -0.000000117. The summed E-state index contributed by atoms with van der Waals surface area (Å²) >= 11 is 0. The van der Waals surface area contributed by atoms with Crippen LogP contribution in [0.2, 0.25) is 0 Å². The fourth-order valence-corrected chi connectivity index (χ4v) is 0.102. The Morgan fingerprint density at radius 1 is 0.923 bits per heavy atom. The van der Waals surface area contributed by atoms with Crippen molar-refractivity contribution < 1.29 is 0 Å². The summed E-state index contributed by atoms with van der Waals surface area (Å²) in [5, 5.41) is 0. The molecule has 0 unspecified atom stereocenters. The lowest BCUT2D eigenvalue weighted by Crippen LogP contribution is -1.91. The van der Waals surface area contributed by atoms with Gasteiger partial charge in [0.05, 0.1) is 6.54 Å². The molecule has 2 N–H and O–H groups in total. The van der Waals surface area contributed by atoms with Crippen LogP contribution in [0.25, 0.3) is 0 Å². The monoisotopic (exact) mass is 173 g/mol. The maximum atomic E-state index is 4.97. The van der Waals surface area contributed by atoms with Crippen molar-refractivity contribution in [1.29, 1.82) is 0 Å². The van der Waals surface area contributed by atoms with Gasteiger partial charge in [0, 0.05) is 0 Å². The second-order valence-electron chi connectivity index (χ2n) is 1.53. The zero-order valence-corrected chi connectivity index (χ0v) is 8.86. The summed E-state index contributed by atoms with van der Waals surface area (Å²) < 4.78 is 0. The Morgan fingerprint density at radius 3 is 1.31 bits per heavy atom. The van der Waals surface area contributed by atoms with Gasteiger partial charge in [-0.2, -0.15) is 5.82 Å². The number of hydrogen-bond acceptors (Lipinski definition) is 1. The molecular weight excluding hydrogens is 157 g/mol. The maximum Gasteiger partial charge on any atom is 0.187 e. The highest BCUT2D eigenvalue weighted by Gasteiger charge is 1.47. The van der Waals surface area contributed by atoms with E-state index >= 15 is 0 Å². The predicted octanol–water partition coefficient (Wildman–Crippen LogP) is 1.13. The van der Waals surface area contributed by atoms with Crippen molar-refractivity contribution in [2.45, 2.75) is 27.7 Å². The summed E-state index contributed by atoms with van der Waals surface area (Å²) in [5.74, 6) is 15.3. The van der Waals surface area contributed by atoms with E-state index in [9.17, 15) is 0 Å². The van der Waals surface area contributed by atoms with Gasteiger partial charge in [0.15, 0.2) is 7.85 Å². The summed E-state index contributed by atoms with van der Waals surface area (Å²) in [7, 11) is 4.67. The molecule has 0 heterocycles. The zero-order valence-electron chi connectivity index (χ0n) is 8.86. The summed E-state index contributed by atoms with van der Waals surface area (Å²) in [6, 6.07) is 0. The summed E-state index contributed by atoms with van der Waals surface area (Å²) in [4.78, 5) is 0. The normalized spacial score (nSPS) is 4.08. The minimum Gasteiger partial charge on any atom is -0.320 e. The second-order valence-corrected chi connectivity index (χ2v) is 1.53. The summed E-state index contributed by atoms with van der Waals surface area (Å²) in [5.41, 5.74) is 4.97. The van der Waals surface area contributed by atoms with Crippen LogP contribution in [-0.2, 0) is 0 Å². The Hall–Kier alpha value is -1.30. The van der Waals surface area contributed by atoms with Gasteiger partial charge < -0.3 is 5.73 Å². The minimum absolute atomic E-state index is 0.483. The first-order valence-corrected chi connectivity index (χ1v) is 3.80. The van der Waals surface area contributed by atoms with Crippen molar-refractivity contribution in [3.05, 3.63) is 0 Å². The van der Waals surface area contributed by atoms with Crippen molar-refractivity contribution in [3.8, 4) is 35.4 Å². The van der Waals surface area contributed by atoms with E-state index in [1.165, 1.54) is 0 Å². The quantitative estimate of drug-likeness (QED) is 0.431. The highest BCUT2D eigenvalue weighted by molar-refractivity contribution is 6.22. The molecule has 0 saturated carbocycles. The highest BCUT2D eigenvalue weighted by Crippen LogP contribution is 1.40. The van der Waals surface area contributed by atoms with E-state index in [0.29, 0.717) is 6.54 Å². The Labute approximate surface area is 83.9 Å². The molecule has 68 valence electrons. The van der Waals surface area contributed by atoms with E-state index in [-0.39, 0.29) is 0 Å². The Bertz CT molecular complexity index is 206. The van der Waals surface area contributed by atoms with Gasteiger partial charge in [-0.25, -0.2) is 0 Å². The van der Waals surface area contributed by atoms with Gasteiger partial charge in [-0.1, -0.05) is 5.92 Å². The van der Waals surface area contributed by atoms with Crippen molar-refractivity contribution in [2.75, 3.05) is 6.54 Å². The predicted molar refractivity (Wildman–Crippen MR) is 60.8 cm³/mol. The third kappa shape index (κ3) is 111. The third-order valence-electron chi connectivity index (χ3n) is 0.673. The van der Waals surface area contributed by atoms with Gasteiger partial charge in [0.1, 0.15) is 0 Å². The molecule has 0 spiro atoms. The maximum absolute atomic E-state index is 4.97. The summed E-state index contributed by atoms with van der Waals surface area (Å²) in [6.07, 6.45) is 0. The molecule has 0 aliphatic rings. The molecule has 2 heteroatoms. The average Bonchev–Trinajstić information content (AvgIpc) is 2.20. The zero-order chi connectivity index (χ0) is 10.9. The van der Waals surface area contributed by atoms with E-state index in [1.807, 2.05) is 13.8 Å². The van der Waals surface area contributed by atoms with E-state index in [0.717, 1.165) is 0 Å². The van der Waals surface area contributed by atoms with Crippen LogP contribution in [0.5, 0.6) is 0 Å². The molecule has 0 aliphatic carbocycles. The van der Waals surface area contributed by atoms with Gasteiger partial charge in [-0.3, -0.25) is 0 Å². The first-order chi connectivity index (χ1) is 6.24. The van der Waals surface area contributed by atoms with Gasteiger partial charge in [0.25, 0.3) is 0 Å². The van der Waals surface area contributed by atoms with E-state index in [2.05, 4.69) is 43.3 Å². The van der Waals surface area contributed by atoms with Crippen LogP contribution in [0.15, 0.2) is 0 Å². The number of rotatable bonds is 0. The van der Waals surface area contributed by atoms with Crippen LogP contribution in [0.1, 0.15) is 27.7 Å². The first-order valence-electron chi connectivity index (χ1n) is 3.80. The topological polar surface area (TPSA) is 26.0 Å². The molecule has 0 aromatic heterocycles. The molecule has 0 aromatic rings. The Morgan fingerprint density at radius 2 is 1.31 bits per heavy atom. The number of nitrogens with two attached hydrogens (primary N) is 1. The van der Waals surface area contributed by atoms with Crippen molar-refractivity contribution in [1.82, 2.24) is 0 Å². The molecule has 0 bridgehead atoms. The van der Waals surface area contributed by atoms with Crippen LogP contribution < -0.4 is 5.73 Å². The molecule has 0 saturated heterocycles. The van der Waals surface area contributed by atoms with Crippen LogP contribution in [-0.4, -0.2) is 14.4 Å². The smallest absolute Gasteiger partial charge is 0.187 e. The highest BCUT2D eigenvalue weighted by atomic mass is 14.5. The fourth-order valence-electron chi connectivity index (χ4n) is 0.102. The Kier molecular flexibility index (Phi) is 42.2. The lowest BCUT2D eigenvalue weighted by molar-refractivity contribution is 1.30. The third-order valence-corrected chi connectivity index (χ3v) is 0.673. The first kappa shape index (κ1) is 17.7. The van der Waals surface area contributed by atoms with Gasteiger partial charge in [0.2, 0.25) is 0 Å². The van der Waals surface area contributed by atoms with Gasteiger partial charge in [-0.15, -0.1) is 23.7 Å². The molecule has 0 atom stereocenters. The van der Waals surface area contributed by atoms with Crippen LogP contribution in [0.4, 0.5) is 0 Å². The SMILES string of the molecule is CC#CC.CC#CCN.[B]C#CC. The van der Waals surface area contributed by atoms with Crippen LogP contribution in [0, 0.1) is 35.4 Å². The summed E-state index contributed by atoms with van der Waals surface area (Å²) in [6.45, 7) is 7.59. The number of hydrogen-bond donors (Lipinski definition) is 1. The van der Waals surface area contributed by atoms with Crippen LogP contribution in [0.3, 0.4) is 0 Å². The van der Waals surface area contributed by atoms with Gasteiger partial charge in [-0.05, 0) is 27.7 Å². The molecule has 0 rings (SSSR count). The van der Waals surface area contributed by atoms with Crippen molar-refractivity contribution in [3.63, 3.8) is 0 Å². The lowest BCUT2D eigenvalue weighted by atomic mass is 10.2. The molecular formula is C11H16BN. The molecule has 13 heavy (non-hydrogen) atoms. The van der Waals surface area contributed by atoms with Gasteiger partial charge >= 0.3 is 0 Å². The van der Waals surface area contributed by atoms with E-state index in [4.69, 9.17) is 5.73 Å². The van der Waals surface area contributed by atoms with Crippen LogP contribution >= 0.6 is 0 Å². The largest absolute Gasteiger partial charge is 0.320 e. The fraction of sp³-hybridized carbons (Fsp3) is 0.455. The van der Waals surface area contributed by atoms with E-state index < -0.39 is 0 Å². The molecule has 0 aliphatic heterocycles. The van der Waals surface area contributed by atoms with Crippen molar-refractivity contribution in [2.24, 2.45) is 5.73 Å². The molecule has 1 nitrogen and oxygen atoms in total. The molecule has 0 amide bonds. The molecule has 0 fully saturated rings. The molecule has 2 radical (unpaired) electrons. The standard InChI is InChI=1S/C4H7N.C4H6.C3H3B/c1-2-3-4-5;1-3-4-2;1-2-3-4/h4-5H2,1H3;1-2H3;1H3.